The SMILES string of the molecule is COc1ccc(Cn2c(=O)c(=NNc3ccccc3)c(=O)n(CCC(C)C)c3ccccc32)cc1. The predicted molar refractivity (Wildman–Crippen MR) is 140 cm³/mol. The van der Waals surface area contributed by atoms with Crippen LogP contribution in [-0.2, 0) is 13.1 Å². The van der Waals surface area contributed by atoms with E-state index in [4.69, 9.17) is 4.74 Å². The molecule has 0 spiro atoms. The maximum atomic E-state index is 13.8. The van der Waals surface area contributed by atoms with Crippen molar-refractivity contribution in [2.24, 2.45) is 11.0 Å². The second kappa shape index (κ2) is 10.9. The van der Waals surface area contributed by atoms with Crippen LogP contribution in [0.5, 0.6) is 5.75 Å². The molecule has 0 aliphatic carbocycles. The number of nitrogens with zero attached hydrogens (tertiary/aromatic N) is 3. The van der Waals surface area contributed by atoms with Crippen LogP contribution >= 0.6 is 0 Å². The van der Waals surface area contributed by atoms with Crippen molar-refractivity contribution < 1.29 is 4.74 Å². The molecule has 0 amide bonds. The molecular formula is C28H30N4O3. The van der Waals surface area contributed by atoms with E-state index in [-0.39, 0.29) is 11.9 Å². The van der Waals surface area contributed by atoms with Crippen LogP contribution in [0.3, 0.4) is 0 Å². The molecule has 0 bridgehead atoms. The van der Waals surface area contributed by atoms with E-state index >= 15 is 0 Å². The highest BCUT2D eigenvalue weighted by molar-refractivity contribution is 5.74. The minimum Gasteiger partial charge on any atom is -0.497 e. The molecule has 0 atom stereocenters. The number of anilines is 1. The first-order valence-electron chi connectivity index (χ1n) is 11.7. The van der Waals surface area contributed by atoms with Crippen molar-refractivity contribution in [3.63, 3.8) is 0 Å². The van der Waals surface area contributed by atoms with E-state index in [2.05, 4.69) is 24.4 Å². The van der Waals surface area contributed by atoms with Crippen LogP contribution in [0.1, 0.15) is 25.8 Å². The van der Waals surface area contributed by atoms with Crippen molar-refractivity contribution >= 4 is 16.7 Å². The van der Waals surface area contributed by atoms with Crippen LogP contribution < -0.4 is 26.6 Å². The number of para-hydroxylation sites is 3. The summed E-state index contributed by atoms with van der Waals surface area (Å²) in [6.45, 7) is 5.00. The Hall–Kier alpha value is -4.13. The number of methoxy groups -OCH3 is 1. The summed E-state index contributed by atoms with van der Waals surface area (Å²) in [5.41, 5.74) is 5.00. The zero-order chi connectivity index (χ0) is 24.8. The van der Waals surface area contributed by atoms with Crippen LogP contribution in [0.15, 0.2) is 93.6 Å². The number of nitrogens with one attached hydrogen (secondary N) is 1. The number of hydrogen-bond acceptors (Lipinski definition) is 5. The normalized spacial score (nSPS) is 11.7. The van der Waals surface area contributed by atoms with Crippen molar-refractivity contribution in [1.82, 2.24) is 9.13 Å². The number of hydrogen-bond donors (Lipinski definition) is 1. The lowest BCUT2D eigenvalue weighted by Gasteiger charge is -2.11. The Labute approximate surface area is 204 Å². The molecule has 0 fully saturated rings. The van der Waals surface area contributed by atoms with Gasteiger partial charge in [-0.3, -0.25) is 15.0 Å². The molecule has 4 rings (SSSR count). The first-order chi connectivity index (χ1) is 17.0. The minimum absolute atomic E-state index is 0.151. The number of rotatable bonds is 8. The van der Waals surface area contributed by atoms with Crippen molar-refractivity contribution in [1.29, 1.82) is 0 Å². The fraction of sp³-hybridized carbons (Fsp3) is 0.250. The van der Waals surface area contributed by atoms with Gasteiger partial charge in [0.25, 0.3) is 11.1 Å². The molecule has 1 aromatic heterocycles. The number of aryl methyl sites for hydroxylation is 1. The molecule has 0 aliphatic heterocycles. The van der Waals surface area contributed by atoms with E-state index in [0.29, 0.717) is 29.2 Å². The fourth-order valence-electron chi connectivity index (χ4n) is 3.90. The minimum atomic E-state index is -0.450. The maximum absolute atomic E-state index is 13.8. The largest absolute Gasteiger partial charge is 0.497 e. The molecule has 0 radical (unpaired) electrons. The molecule has 3 aromatic carbocycles. The summed E-state index contributed by atoms with van der Waals surface area (Å²) < 4.78 is 8.56. The smallest absolute Gasteiger partial charge is 0.284 e. The molecule has 1 N–H and O–H groups in total. The van der Waals surface area contributed by atoms with E-state index < -0.39 is 11.1 Å². The second-order valence-electron chi connectivity index (χ2n) is 8.81. The van der Waals surface area contributed by atoms with E-state index in [1.54, 1.807) is 16.2 Å². The van der Waals surface area contributed by atoms with Gasteiger partial charge in [-0.1, -0.05) is 56.3 Å². The number of fused-ring (bicyclic) bond motifs is 1. The quantitative estimate of drug-likeness (QED) is 0.392. The van der Waals surface area contributed by atoms with E-state index in [1.165, 1.54) is 0 Å². The number of ether oxygens (including phenoxy) is 1. The summed E-state index contributed by atoms with van der Waals surface area (Å²) >= 11 is 0. The topological polar surface area (TPSA) is 77.6 Å². The van der Waals surface area contributed by atoms with Crippen molar-refractivity contribution in [2.75, 3.05) is 12.5 Å². The third kappa shape index (κ3) is 5.51. The molecule has 0 saturated heterocycles. The second-order valence-corrected chi connectivity index (χ2v) is 8.81. The van der Waals surface area contributed by atoms with E-state index in [9.17, 15) is 9.59 Å². The standard InChI is InChI=1S/C28H30N4O3/c1-20(2)17-18-31-24-11-7-8-12-25(24)32(19-21-13-15-23(35-3)16-14-21)28(34)26(27(31)33)30-29-22-9-5-4-6-10-22/h4-16,20,29H,17-19H2,1-3H3. The highest BCUT2D eigenvalue weighted by atomic mass is 16.5. The van der Waals surface area contributed by atoms with Crippen molar-refractivity contribution in [2.45, 2.75) is 33.4 Å². The summed E-state index contributed by atoms with van der Waals surface area (Å²) in [6, 6.07) is 24.3. The summed E-state index contributed by atoms with van der Waals surface area (Å²) in [7, 11) is 1.61. The Morgan fingerprint density at radius 3 is 2.06 bits per heavy atom. The molecule has 7 heteroatoms. The molecule has 0 saturated carbocycles. The monoisotopic (exact) mass is 470 g/mol. The van der Waals surface area contributed by atoms with Gasteiger partial charge in [-0.15, -0.1) is 0 Å². The molecule has 35 heavy (non-hydrogen) atoms. The lowest BCUT2D eigenvalue weighted by Crippen LogP contribution is -2.45. The van der Waals surface area contributed by atoms with E-state index in [0.717, 1.165) is 17.7 Å². The Morgan fingerprint density at radius 2 is 1.43 bits per heavy atom. The number of benzene rings is 3. The Balaban J connectivity index is 1.99. The number of aromatic nitrogens is 2. The van der Waals surface area contributed by atoms with E-state index in [1.807, 2.05) is 78.9 Å². The van der Waals surface area contributed by atoms with Gasteiger partial charge in [-0.05, 0) is 54.3 Å². The zero-order valence-corrected chi connectivity index (χ0v) is 20.3. The first-order valence-corrected chi connectivity index (χ1v) is 11.7. The summed E-state index contributed by atoms with van der Waals surface area (Å²) in [6.07, 6.45) is 0.798. The predicted octanol–water partition coefficient (Wildman–Crippen LogP) is 4.19. The zero-order valence-electron chi connectivity index (χ0n) is 20.3. The highest BCUT2D eigenvalue weighted by Gasteiger charge is 2.13. The van der Waals surface area contributed by atoms with Gasteiger partial charge in [-0.2, -0.15) is 5.10 Å². The van der Waals surface area contributed by atoms with Gasteiger partial charge in [0.05, 0.1) is 30.4 Å². The van der Waals surface area contributed by atoms with Crippen LogP contribution in [0.4, 0.5) is 5.69 Å². The molecule has 0 unspecified atom stereocenters. The highest BCUT2D eigenvalue weighted by Crippen LogP contribution is 2.15. The Bertz CT molecular complexity index is 1490. The molecule has 1 heterocycles. The molecule has 180 valence electrons. The lowest BCUT2D eigenvalue weighted by molar-refractivity contribution is 0.414. The van der Waals surface area contributed by atoms with Gasteiger partial charge < -0.3 is 13.9 Å². The summed E-state index contributed by atoms with van der Waals surface area (Å²) in [5, 5.41) is 4.17. The Morgan fingerprint density at radius 1 is 0.829 bits per heavy atom. The van der Waals surface area contributed by atoms with Gasteiger partial charge in [0.1, 0.15) is 5.75 Å². The average molecular weight is 471 g/mol. The summed E-state index contributed by atoms with van der Waals surface area (Å²) in [5.74, 6) is 1.13. The Kier molecular flexibility index (Phi) is 7.45. The molecule has 0 aliphatic rings. The van der Waals surface area contributed by atoms with Gasteiger partial charge in [0, 0.05) is 6.54 Å². The van der Waals surface area contributed by atoms with Gasteiger partial charge >= 0.3 is 0 Å². The molecule has 4 aromatic rings. The first kappa shape index (κ1) is 24.0. The van der Waals surface area contributed by atoms with Gasteiger partial charge in [0.15, 0.2) is 0 Å². The van der Waals surface area contributed by atoms with Crippen molar-refractivity contribution in [3.05, 3.63) is 110 Å². The third-order valence-electron chi connectivity index (χ3n) is 5.86. The lowest BCUT2D eigenvalue weighted by atomic mass is 10.1. The average Bonchev–Trinajstić information content (AvgIpc) is 2.95. The molecular weight excluding hydrogens is 440 g/mol. The molecule has 7 nitrogen and oxygen atoms in total. The van der Waals surface area contributed by atoms with Crippen LogP contribution in [0.25, 0.3) is 11.0 Å². The fourth-order valence-corrected chi connectivity index (χ4v) is 3.90. The van der Waals surface area contributed by atoms with Crippen molar-refractivity contribution in [3.8, 4) is 5.75 Å². The summed E-state index contributed by atoms with van der Waals surface area (Å²) in [4.78, 5) is 27.6. The van der Waals surface area contributed by atoms with Crippen LogP contribution in [0.2, 0.25) is 0 Å². The van der Waals surface area contributed by atoms with Gasteiger partial charge in [-0.25, -0.2) is 0 Å². The third-order valence-corrected chi connectivity index (χ3v) is 5.86. The van der Waals surface area contributed by atoms with Gasteiger partial charge in [0.2, 0.25) is 5.36 Å². The van der Waals surface area contributed by atoms with Crippen LogP contribution in [-0.4, -0.2) is 16.2 Å². The maximum Gasteiger partial charge on any atom is 0.284 e. The van der Waals surface area contributed by atoms with Crippen LogP contribution in [0, 0.1) is 5.92 Å².